The van der Waals surface area contributed by atoms with E-state index in [4.69, 9.17) is 21.1 Å². The molecule has 2 aromatic rings. The molecular formula is C23H32Cl2FNO2. The van der Waals surface area contributed by atoms with Gasteiger partial charge in [0.25, 0.3) is 0 Å². The summed E-state index contributed by atoms with van der Waals surface area (Å²) in [6.45, 7) is 12.1. The zero-order chi connectivity index (χ0) is 20.9. The third kappa shape index (κ3) is 8.41. The van der Waals surface area contributed by atoms with Crippen molar-refractivity contribution in [3.8, 4) is 11.5 Å². The zero-order valence-electron chi connectivity index (χ0n) is 18.1. The van der Waals surface area contributed by atoms with Gasteiger partial charge in [-0.15, -0.1) is 12.4 Å². The van der Waals surface area contributed by atoms with Gasteiger partial charge in [0.05, 0.1) is 12.1 Å². The third-order valence-electron chi connectivity index (χ3n) is 4.33. The molecule has 6 heteroatoms. The molecule has 0 aliphatic heterocycles. The van der Waals surface area contributed by atoms with Gasteiger partial charge in [0.1, 0.15) is 12.4 Å². The topological polar surface area (TPSA) is 30.5 Å². The number of ether oxygens (including phenoxy) is 2. The van der Waals surface area contributed by atoms with E-state index < -0.39 is 0 Å². The number of halogens is 3. The number of rotatable bonds is 8. The van der Waals surface area contributed by atoms with Crippen molar-refractivity contribution < 1.29 is 13.9 Å². The number of methoxy groups -OCH3 is 1. The van der Waals surface area contributed by atoms with Crippen LogP contribution in [0.25, 0.3) is 0 Å². The summed E-state index contributed by atoms with van der Waals surface area (Å²) in [4.78, 5) is 0. The second-order valence-corrected chi connectivity index (χ2v) is 9.41. The van der Waals surface area contributed by atoms with Crippen LogP contribution in [0.4, 0.5) is 4.39 Å². The molecule has 0 amide bonds. The van der Waals surface area contributed by atoms with Crippen molar-refractivity contribution in [3.63, 3.8) is 0 Å². The molecule has 0 saturated heterocycles. The Morgan fingerprint density at radius 1 is 1.00 bits per heavy atom. The molecule has 0 aliphatic rings. The van der Waals surface area contributed by atoms with Crippen LogP contribution in [0.1, 0.15) is 52.2 Å². The van der Waals surface area contributed by atoms with Gasteiger partial charge in [-0.1, -0.05) is 44.5 Å². The first kappa shape index (κ1) is 25.5. The fourth-order valence-electron chi connectivity index (χ4n) is 3.48. The number of nitrogens with one attached hydrogen (secondary N) is 1. The lowest BCUT2D eigenvalue weighted by Gasteiger charge is -2.33. The summed E-state index contributed by atoms with van der Waals surface area (Å²) in [5.41, 5.74) is 2.12. The van der Waals surface area contributed by atoms with Gasteiger partial charge >= 0.3 is 0 Å². The highest BCUT2D eigenvalue weighted by Crippen LogP contribution is 2.37. The number of hydrogen-bond acceptors (Lipinski definition) is 3. The maximum absolute atomic E-state index is 13.0. The second kappa shape index (κ2) is 10.5. The highest BCUT2D eigenvalue weighted by molar-refractivity contribution is 6.32. The minimum absolute atomic E-state index is 0. The maximum Gasteiger partial charge on any atom is 0.180 e. The molecule has 0 atom stereocenters. The predicted octanol–water partition coefficient (Wildman–Crippen LogP) is 6.79. The Balaban J connectivity index is 0.00000420. The molecule has 0 aromatic heterocycles. The third-order valence-corrected chi connectivity index (χ3v) is 4.61. The molecule has 0 spiro atoms. The Morgan fingerprint density at radius 2 is 1.62 bits per heavy atom. The van der Waals surface area contributed by atoms with Gasteiger partial charge in [0, 0.05) is 12.1 Å². The molecule has 0 bridgehead atoms. The van der Waals surface area contributed by atoms with E-state index in [0.29, 0.717) is 23.1 Å². The van der Waals surface area contributed by atoms with E-state index in [9.17, 15) is 4.39 Å². The molecule has 0 fully saturated rings. The highest BCUT2D eigenvalue weighted by Gasteiger charge is 2.25. The normalized spacial score (nSPS) is 11.7. The van der Waals surface area contributed by atoms with E-state index in [2.05, 4.69) is 39.9 Å². The summed E-state index contributed by atoms with van der Waals surface area (Å²) >= 11 is 6.47. The summed E-state index contributed by atoms with van der Waals surface area (Å²) < 4.78 is 24.4. The Labute approximate surface area is 185 Å². The largest absolute Gasteiger partial charge is 0.493 e. The fraction of sp³-hybridized carbons (Fsp3) is 0.478. The molecule has 162 valence electrons. The Kier molecular flexibility index (Phi) is 9.26. The fourth-order valence-corrected chi connectivity index (χ4v) is 3.77. The van der Waals surface area contributed by atoms with E-state index in [0.717, 1.165) is 17.5 Å². The summed E-state index contributed by atoms with van der Waals surface area (Å²) in [6, 6.07) is 10.0. The standard InChI is InChI=1S/C23H31ClFNO2.ClH/c1-22(2,3)15-23(4,5)26-13-17-11-19(24)21(20(12-17)27-6)28-14-16-7-9-18(25)10-8-16;/h7-12,26H,13-15H2,1-6H3;1H. The van der Waals surface area contributed by atoms with E-state index in [-0.39, 0.29) is 35.8 Å². The smallest absolute Gasteiger partial charge is 0.180 e. The van der Waals surface area contributed by atoms with E-state index >= 15 is 0 Å². The molecule has 29 heavy (non-hydrogen) atoms. The first-order valence-electron chi connectivity index (χ1n) is 9.48. The minimum Gasteiger partial charge on any atom is -0.493 e. The van der Waals surface area contributed by atoms with Crippen LogP contribution in [0.3, 0.4) is 0 Å². The molecule has 3 nitrogen and oxygen atoms in total. The van der Waals surface area contributed by atoms with Crippen LogP contribution in [0, 0.1) is 11.2 Å². The van der Waals surface area contributed by atoms with Crippen LogP contribution < -0.4 is 14.8 Å². The van der Waals surface area contributed by atoms with E-state index in [1.807, 2.05) is 12.1 Å². The minimum atomic E-state index is -0.273. The van der Waals surface area contributed by atoms with Gasteiger partial charge in [-0.25, -0.2) is 4.39 Å². The summed E-state index contributed by atoms with van der Waals surface area (Å²) in [5.74, 6) is 0.803. The van der Waals surface area contributed by atoms with Crippen LogP contribution in [0.2, 0.25) is 5.02 Å². The van der Waals surface area contributed by atoms with Gasteiger partial charge in [-0.05, 0) is 61.1 Å². The van der Waals surface area contributed by atoms with Crippen LogP contribution in [0.5, 0.6) is 11.5 Å². The van der Waals surface area contributed by atoms with Crippen molar-refractivity contribution >= 4 is 24.0 Å². The maximum atomic E-state index is 13.0. The highest BCUT2D eigenvalue weighted by atomic mass is 35.5. The molecule has 0 saturated carbocycles. The van der Waals surface area contributed by atoms with Crippen LogP contribution in [-0.4, -0.2) is 12.6 Å². The lowest BCUT2D eigenvalue weighted by molar-refractivity contribution is 0.240. The molecule has 0 unspecified atom stereocenters. The quantitative estimate of drug-likeness (QED) is 0.486. The van der Waals surface area contributed by atoms with Crippen LogP contribution in [0.15, 0.2) is 36.4 Å². The molecule has 1 N–H and O–H groups in total. The van der Waals surface area contributed by atoms with Gasteiger partial charge in [-0.3, -0.25) is 0 Å². The Bertz CT molecular complexity index is 787. The van der Waals surface area contributed by atoms with Gasteiger partial charge in [0.15, 0.2) is 11.5 Å². The van der Waals surface area contributed by atoms with Crippen LogP contribution in [-0.2, 0) is 13.2 Å². The number of benzene rings is 2. The van der Waals surface area contributed by atoms with Crippen molar-refractivity contribution in [1.82, 2.24) is 5.32 Å². The Morgan fingerprint density at radius 3 is 2.17 bits per heavy atom. The molecule has 0 aliphatic carbocycles. The van der Waals surface area contributed by atoms with Crippen molar-refractivity contribution in [2.24, 2.45) is 5.41 Å². The van der Waals surface area contributed by atoms with Gasteiger partial charge in [0.2, 0.25) is 0 Å². The van der Waals surface area contributed by atoms with Crippen molar-refractivity contribution in [2.75, 3.05) is 7.11 Å². The summed E-state index contributed by atoms with van der Waals surface area (Å²) in [6.07, 6.45) is 1.05. The van der Waals surface area contributed by atoms with E-state index in [1.165, 1.54) is 12.1 Å². The van der Waals surface area contributed by atoms with Gasteiger partial charge < -0.3 is 14.8 Å². The second-order valence-electron chi connectivity index (χ2n) is 9.00. The lowest BCUT2D eigenvalue weighted by Crippen LogP contribution is -2.41. The average Bonchev–Trinajstić information content (AvgIpc) is 2.58. The first-order chi connectivity index (χ1) is 13.0. The lowest BCUT2D eigenvalue weighted by atomic mass is 9.82. The Hall–Kier alpha value is -1.49. The summed E-state index contributed by atoms with van der Waals surface area (Å²) in [5, 5.41) is 4.09. The van der Waals surface area contributed by atoms with Crippen molar-refractivity contribution in [2.45, 2.75) is 59.7 Å². The van der Waals surface area contributed by atoms with Crippen molar-refractivity contribution in [1.29, 1.82) is 0 Å². The molecule has 0 heterocycles. The SMILES string of the molecule is COc1cc(CNC(C)(C)CC(C)(C)C)cc(Cl)c1OCc1ccc(F)cc1.Cl. The average molecular weight is 444 g/mol. The predicted molar refractivity (Wildman–Crippen MR) is 121 cm³/mol. The van der Waals surface area contributed by atoms with Crippen molar-refractivity contribution in [3.05, 3.63) is 58.4 Å². The van der Waals surface area contributed by atoms with E-state index in [1.54, 1.807) is 19.2 Å². The molecule has 2 rings (SSSR count). The molecule has 0 radical (unpaired) electrons. The summed E-state index contributed by atoms with van der Waals surface area (Å²) in [7, 11) is 1.59. The van der Waals surface area contributed by atoms with Gasteiger partial charge in [-0.2, -0.15) is 0 Å². The first-order valence-corrected chi connectivity index (χ1v) is 9.85. The van der Waals surface area contributed by atoms with Crippen LogP contribution >= 0.6 is 24.0 Å². The molecular weight excluding hydrogens is 412 g/mol. The number of hydrogen-bond donors (Lipinski definition) is 1. The molecule has 2 aromatic carbocycles. The zero-order valence-corrected chi connectivity index (χ0v) is 19.6. The monoisotopic (exact) mass is 443 g/mol.